The molecule has 2 unspecified atom stereocenters. The van der Waals surface area contributed by atoms with Gasteiger partial charge in [-0.15, -0.1) is 0 Å². The summed E-state index contributed by atoms with van der Waals surface area (Å²) in [7, 11) is 0. The molecule has 2 atom stereocenters. The third-order valence-electron chi connectivity index (χ3n) is 3.69. The fraction of sp³-hybridized carbons (Fsp3) is 0.600. The number of nitrogens with two attached hydrogens (primary N) is 1. The zero-order chi connectivity index (χ0) is 13.7. The van der Waals surface area contributed by atoms with Crippen LogP contribution in [0.3, 0.4) is 0 Å². The summed E-state index contributed by atoms with van der Waals surface area (Å²) >= 11 is 0. The van der Waals surface area contributed by atoms with Gasteiger partial charge < -0.3 is 10.5 Å². The van der Waals surface area contributed by atoms with Crippen molar-refractivity contribution in [2.45, 2.75) is 31.9 Å². The standard InChI is InChI=1S/C15H23FN2O/c1-2-18(10-12-6-5-9-19-12)11-15(17)13-7-3-4-8-14(13)16/h3-4,7-8,12,15H,2,5-6,9-11,17H2,1H3. The first-order chi connectivity index (χ1) is 9.20. The van der Waals surface area contributed by atoms with Crippen LogP contribution in [0.2, 0.25) is 0 Å². The van der Waals surface area contributed by atoms with E-state index < -0.39 is 0 Å². The van der Waals surface area contributed by atoms with E-state index in [0.29, 0.717) is 18.2 Å². The Bertz CT molecular complexity index is 393. The number of hydrogen-bond donors (Lipinski definition) is 1. The van der Waals surface area contributed by atoms with Crippen LogP contribution in [0, 0.1) is 5.82 Å². The summed E-state index contributed by atoms with van der Waals surface area (Å²) in [6.45, 7) is 5.42. The van der Waals surface area contributed by atoms with E-state index in [-0.39, 0.29) is 11.9 Å². The molecule has 2 rings (SSSR count). The molecule has 0 aliphatic carbocycles. The molecule has 1 aromatic carbocycles. The molecule has 1 heterocycles. The number of rotatable bonds is 6. The van der Waals surface area contributed by atoms with Crippen LogP contribution in [-0.4, -0.2) is 37.2 Å². The van der Waals surface area contributed by atoms with Gasteiger partial charge in [-0.3, -0.25) is 4.90 Å². The van der Waals surface area contributed by atoms with Crippen molar-refractivity contribution in [1.29, 1.82) is 0 Å². The molecule has 3 nitrogen and oxygen atoms in total. The van der Waals surface area contributed by atoms with Gasteiger partial charge in [0.15, 0.2) is 0 Å². The lowest BCUT2D eigenvalue weighted by atomic mass is 10.1. The Morgan fingerprint density at radius 1 is 1.47 bits per heavy atom. The first-order valence-corrected chi connectivity index (χ1v) is 7.04. The van der Waals surface area contributed by atoms with Gasteiger partial charge in [0.05, 0.1) is 6.10 Å². The highest BCUT2D eigenvalue weighted by atomic mass is 19.1. The van der Waals surface area contributed by atoms with Crippen LogP contribution >= 0.6 is 0 Å². The molecule has 1 fully saturated rings. The van der Waals surface area contributed by atoms with Crippen LogP contribution in [-0.2, 0) is 4.74 Å². The van der Waals surface area contributed by atoms with E-state index in [1.807, 2.05) is 6.07 Å². The van der Waals surface area contributed by atoms with Gasteiger partial charge in [0.1, 0.15) is 5.82 Å². The van der Waals surface area contributed by atoms with Gasteiger partial charge in [-0.05, 0) is 25.5 Å². The van der Waals surface area contributed by atoms with Gasteiger partial charge in [0.25, 0.3) is 0 Å². The van der Waals surface area contributed by atoms with Crippen molar-refractivity contribution in [2.75, 3.05) is 26.2 Å². The van der Waals surface area contributed by atoms with E-state index in [1.54, 1.807) is 12.1 Å². The first kappa shape index (κ1) is 14.4. The summed E-state index contributed by atoms with van der Waals surface area (Å²) in [6, 6.07) is 6.46. The summed E-state index contributed by atoms with van der Waals surface area (Å²) in [6.07, 6.45) is 2.57. The van der Waals surface area contributed by atoms with E-state index in [9.17, 15) is 4.39 Å². The molecule has 0 saturated carbocycles. The fourth-order valence-corrected chi connectivity index (χ4v) is 2.56. The van der Waals surface area contributed by atoms with Gasteiger partial charge in [-0.25, -0.2) is 4.39 Å². The van der Waals surface area contributed by atoms with Crippen molar-refractivity contribution in [3.63, 3.8) is 0 Å². The minimum atomic E-state index is -0.289. The number of halogens is 1. The maximum absolute atomic E-state index is 13.7. The van der Waals surface area contributed by atoms with Gasteiger partial charge >= 0.3 is 0 Å². The Balaban J connectivity index is 1.92. The summed E-state index contributed by atoms with van der Waals surface area (Å²) in [5.74, 6) is -0.219. The molecule has 0 spiro atoms. The molecular weight excluding hydrogens is 243 g/mol. The quantitative estimate of drug-likeness (QED) is 0.859. The Labute approximate surface area is 114 Å². The predicted molar refractivity (Wildman–Crippen MR) is 74.4 cm³/mol. The lowest BCUT2D eigenvalue weighted by molar-refractivity contribution is 0.0728. The minimum absolute atomic E-state index is 0.219. The third kappa shape index (κ3) is 4.00. The summed E-state index contributed by atoms with van der Waals surface area (Å²) < 4.78 is 19.3. The molecule has 0 amide bonds. The summed E-state index contributed by atoms with van der Waals surface area (Å²) in [5.41, 5.74) is 6.72. The van der Waals surface area contributed by atoms with Crippen LogP contribution in [0.25, 0.3) is 0 Å². The van der Waals surface area contributed by atoms with E-state index >= 15 is 0 Å². The molecule has 4 heteroatoms. The maximum Gasteiger partial charge on any atom is 0.128 e. The average molecular weight is 266 g/mol. The smallest absolute Gasteiger partial charge is 0.128 e. The molecule has 0 bridgehead atoms. The van der Waals surface area contributed by atoms with E-state index in [0.717, 1.165) is 32.5 Å². The second-order valence-electron chi connectivity index (χ2n) is 5.12. The molecule has 1 saturated heterocycles. The first-order valence-electron chi connectivity index (χ1n) is 7.04. The minimum Gasteiger partial charge on any atom is -0.377 e. The second-order valence-corrected chi connectivity index (χ2v) is 5.12. The van der Waals surface area contributed by atoms with Crippen LogP contribution in [0.1, 0.15) is 31.4 Å². The number of ether oxygens (including phenoxy) is 1. The third-order valence-corrected chi connectivity index (χ3v) is 3.69. The highest BCUT2D eigenvalue weighted by Crippen LogP contribution is 2.18. The van der Waals surface area contributed by atoms with Gasteiger partial charge in [0.2, 0.25) is 0 Å². The van der Waals surface area contributed by atoms with Gasteiger partial charge in [0, 0.05) is 31.3 Å². The van der Waals surface area contributed by atoms with E-state index in [4.69, 9.17) is 10.5 Å². The number of benzene rings is 1. The topological polar surface area (TPSA) is 38.5 Å². The lowest BCUT2D eigenvalue weighted by Crippen LogP contribution is -2.37. The van der Waals surface area contributed by atoms with Crippen molar-refractivity contribution in [3.05, 3.63) is 35.6 Å². The molecule has 19 heavy (non-hydrogen) atoms. The highest BCUT2D eigenvalue weighted by Gasteiger charge is 2.20. The second kappa shape index (κ2) is 6.98. The molecule has 1 aromatic rings. The fourth-order valence-electron chi connectivity index (χ4n) is 2.56. The molecular formula is C15H23FN2O. The number of hydrogen-bond acceptors (Lipinski definition) is 3. The largest absolute Gasteiger partial charge is 0.377 e. The van der Waals surface area contributed by atoms with Crippen molar-refractivity contribution >= 4 is 0 Å². The molecule has 2 N–H and O–H groups in total. The van der Waals surface area contributed by atoms with E-state index in [2.05, 4.69) is 11.8 Å². The van der Waals surface area contributed by atoms with Crippen molar-refractivity contribution in [1.82, 2.24) is 4.90 Å². The van der Waals surface area contributed by atoms with Gasteiger partial charge in [-0.1, -0.05) is 25.1 Å². The Hall–Kier alpha value is -0.970. The Morgan fingerprint density at radius 2 is 2.26 bits per heavy atom. The average Bonchev–Trinajstić information content (AvgIpc) is 2.91. The maximum atomic E-state index is 13.7. The molecule has 1 aliphatic rings. The van der Waals surface area contributed by atoms with Crippen LogP contribution < -0.4 is 5.73 Å². The number of likely N-dealkylation sites (N-methyl/N-ethyl adjacent to an activating group) is 1. The zero-order valence-electron chi connectivity index (χ0n) is 11.5. The zero-order valence-corrected chi connectivity index (χ0v) is 11.5. The Morgan fingerprint density at radius 3 is 2.89 bits per heavy atom. The predicted octanol–water partition coefficient (Wildman–Crippen LogP) is 2.33. The van der Waals surface area contributed by atoms with Gasteiger partial charge in [-0.2, -0.15) is 0 Å². The monoisotopic (exact) mass is 266 g/mol. The van der Waals surface area contributed by atoms with Crippen LogP contribution in [0.15, 0.2) is 24.3 Å². The molecule has 106 valence electrons. The summed E-state index contributed by atoms with van der Waals surface area (Å²) in [4.78, 5) is 2.24. The highest BCUT2D eigenvalue weighted by molar-refractivity contribution is 5.21. The van der Waals surface area contributed by atoms with Crippen molar-refractivity contribution in [2.24, 2.45) is 5.73 Å². The SMILES string of the molecule is CCN(CC1CCCO1)CC(N)c1ccccc1F. The lowest BCUT2D eigenvalue weighted by Gasteiger charge is -2.26. The Kier molecular flexibility index (Phi) is 5.31. The van der Waals surface area contributed by atoms with Crippen LogP contribution in [0.5, 0.6) is 0 Å². The number of nitrogens with zero attached hydrogens (tertiary/aromatic N) is 1. The van der Waals surface area contributed by atoms with Crippen molar-refractivity contribution in [3.8, 4) is 0 Å². The molecule has 0 aromatic heterocycles. The van der Waals surface area contributed by atoms with E-state index in [1.165, 1.54) is 6.07 Å². The molecule has 1 aliphatic heterocycles. The normalized spacial score (nSPS) is 20.9. The summed E-state index contributed by atoms with van der Waals surface area (Å²) in [5, 5.41) is 0. The van der Waals surface area contributed by atoms with Crippen molar-refractivity contribution < 1.29 is 9.13 Å². The molecule has 0 radical (unpaired) electrons. The van der Waals surface area contributed by atoms with Crippen LogP contribution in [0.4, 0.5) is 4.39 Å².